The first-order valence-electron chi connectivity index (χ1n) is 6.83. The van der Waals surface area contributed by atoms with Crippen molar-refractivity contribution in [3.8, 4) is 17.1 Å². The average Bonchev–Trinajstić information content (AvgIpc) is 2.55. The number of nitrogens with one attached hydrogen (secondary N) is 1. The number of fused-ring (bicyclic) bond motifs is 1. The van der Waals surface area contributed by atoms with E-state index in [0.717, 1.165) is 28.8 Å². The molecule has 0 radical (unpaired) electrons. The van der Waals surface area contributed by atoms with Crippen molar-refractivity contribution in [1.29, 1.82) is 0 Å². The minimum Gasteiger partial charge on any atom is -0.494 e. The van der Waals surface area contributed by atoms with Crippen LogP contribution in [0.1, 0.15) is 6.92 Å². The monoisotopic (exact) mass is 280 g/mol. The van der Waals surface area contributed by atoms with Crippen LogP contribution in [0.15, 0.2) is 42.6 Å². The molecule has 3 aromatic rings. The van der Waals surface area contributed by atoms with Gasteiger partial charge < -0.3 is 10.1 Å². The fourth-order valence-corrected chi connectivity index (χ4v) is 2.31. The highest BCUT2D eigenvalue weighted by Gasteiger charge is 2.14. The van der Waals surface area contributed by atoms with Crippen molar-refractivity contribution < 1.29 is 4.74 Å². The molecule has 2 heterocycles. The molecule has 2 aromatic heterocycles. The summed E-state index contributed by atoms with van der Waals surface area (Å²) < 4.78 is 5.38. The number of pyridine rings is 1. The third-order valence-corrected chi connectivity index (χ3v) is 3.25. The van der Waals surface area contributed by atoms with Crippen LogP contribution >= 0.6 is 0 Å². The minimum absolute atomic E-state index is 0.688. The topological polar surface area (TPSA) is 59.9 Å². The van der Waals surface area contributed by atoms with Crippen LogP contribution in [-0.4, -0.2) is 28.8 Å². The first-order valence-corrected chi connectivity index (χ1v) is 6.83. The summed E-state index contributed by atoms with van der Waals surface area (Å²) in [6.07, 6.45) is 1.73. The lowest BCUT2D eigenvalue weighted by Gasteiger charge is -2.11. The van der Waals surface area contributed by atoms with Crippen molar-refractivity contribution in [3.05, 3.63) is 42.6 Å². The molecule has 0 bridgehead atoms. The summed E-state index contributed by atoms with van der Waals surface area (Å²) in [6, 6.07) is 11.7. The van der Waals surface area contributed by atoms with Crippen LogP contribution in [-0.2, 0) is 0 Å². The molecule has 5 heteroatoms. The van der Waals surface area contributed by atoms with Gasteiger partial charge in [-0.2, -0.15) is 0 Å². The highest BCUT2D eigenvalue weighted by molar-refractivity contribution is 6.00. The Labute approximate surface area is 123 Å². The molecule has 0 saturated heterocycles. The molecule has 0 aliphatic heterocycles. The zero-order chi connectivity index (χ0) is 14.7. The van der Waals surface area contributed by atoms with Crippen molar-refractivity contribution in [2.24, 2.45) is 0 Å². The summed E-state index contributed by atoms with van der Waals surface area (Å²) in [5.74, 6) is 1.47. The maximum atomic E-state index is 5.38. The molecule has 0 amide bonds. The number of rotatable bonds is 4. The van der Waals surface area contributed by atoms with Gasteiger partial charge in [-0.25, -0.2) is 0 Å². The van der Waals surface area contributed by atoms with Gasteiger partial charge in [-0.1, -0.05) is 24.3 Å². The zero-order valence-corrected chi connectivity index (χ0v) is 12.0. The third kappa shape index (κ3) is 2.38. The fraction of sp³-hybridized carbons (Fsp3) is 0.188. The molecule has 106 valence electrons. The number of hydrogen-bond donors (Lipinski definition) is 1. The van der Waals surface area contributed by atoms with Gasteiger partial charge in [0, 0.05) is 23.5 Å². The Balaban J connectivity index is 2.27. The maximum absolute atomic E-state index is 5.38. The molecule has 1 aromatic carbocycles. The third-order valence-electron chi connectivity index (χ3n) is 3.25. The number of ether oxygens (including phenoxy) is 1. The number of nitrogens with zero attached hydrogens (tertiary/aromatic N) is 3. The number of benzene rings is 1. The lowest BCUT2D eigenvalue weighted by Crippen LogP contribution is -2.03. The Morgan fingerprint density at radius 2 is 1.81 bits per heavy atom. The lowest BCUT2D eigenvalue weighted by molar-refractivity contribution is 0.414. The smallest absolute Gasteiger partial charge is 0.156 e. The quantitative estimate of drug-likeness (QED) is 0.795. The van der Waals surface area contributed by atoms with E-state index < -0.39 is 0 Å². The van der Waals surface area contributed by atoms with E-state index in [9.17, 15) is 0 Å². The number of anilines is 1. The van der Waals surface area contributed by atoms with Crippen LogP contribution in [0.5, 0.6) is 5.75 Å². The van der Waals surface area contributed by atoms with Gasteiger partial charge in [-0.3, -0.25) is 4.98 Å². The second-order valence-electron chi connectivity index (χ2n) is 4.53. The van der Waals surface area contributed by atoms with Crippen molar-refractivity contribution in [2.75, 3.05) is 19.0 Å². The van der Waals surface area contributed by atoms with Crippen molar-refractivity contribution in [2.45, 2.75) is 6.92 Å². The molecule has 0 unspecified atom stereocenters. The number of aromatic nitrogens is 3. The standard InChI is InChI=1S/C16H16N4O/c1-3-17-16-12-8-5-4-7-11(12)14(19-20-16)15-13(21-2)9-6-10-18-15/h4-10H,3H2,1-2H3,(H,17,20). The highest BCUT2D eigenvalue weighted by atomic mass is 16.5. The Bertz CT molecular complexity index is 773. The van der Waals surface area contributed by atoms with Gasteiger partial charge in [0.2, 0.25) is 0 Å². The normalized spacial score (nSPS) is 10.6. The van der Waals surface area contributed by atoms with Crippen LogP contribution in [0.4, 0.5) is 5.82 Å². The number of hydrogen-bond acceptors (Lipinski definition) is 5. The molecule has 0 atom stereocenters. The van der Waals surface area contributed by atoms with E-state index in [2.05, 4.69) is 20.5 Å². The first kappa shape index (κ1) is 13.3. The summed E-state index contributed by atoms with van der Waals surface area (Å²) in [5, 5.41) is 13.9. The predicted octanol–water partition coefficient (Wildman–Crippen LogP) is 3.13. The molecule has 0 aliphatic rings. The van der Waals surface area contributed by atoms with Crippen LogP contribution in [0, 0.1) is 0 Å². The fourth-order valence-electron chi connectivity index (χ4n) is 2.31. The van der Waals surface area contributed by atoms with Crippen LogP contribution in [0.3, 0.4) is 0 Å². The second kappa shape index (κ2) is 5.75. The highest BCUT2D eigenvalue weighted by Crippen LogP contribution is 2.32. The van der Waals surface area contributed by atoms with Crippen LogP contribution < -0.4 is 10.1 Å². The molecule has 21 heavy (non-hydrogen) atoms. The summed E-state index contributed by atoms with van der Waals surface area (Å²) in [6.45, 7) is 2.83. The van der Waals surface area contributed by atoms with Crippen molar-refractivity contribution in [3.63, 3.8) is 0 Å². The van der Waals surface area contributed by atoms with E-state index >= 15 is 0 Å². The molecule has 0 aliphatic carbocycles. The Hall–Kier alpha value is -2.69. The molecule has 5 nitrogen and oxygen atoms in total. The van der Waals surface area contributed by atoms with Gasteiger partial charge in [-0.15, -0.1) is 10.2 Å². The van der Waals surface area contributed by atoms with Crippen LogP contribution in [0.2, 0.25) is 0 Å². The minimum atomic E-state index is 0.688. The van der Waals surface area contributed by atoms with Gasteiger partial charge in [0.25, 0.3) is 0 Å². The Morgan fingerprint density at radius 1 is 1.00 bits per heavy atom. The van der Waals surface area contributed by atoms with Gasteiger partial charge in [0.05, 0.1) is 7.11 Å². The second-order valence-corrected chi connectivity index (χ2v) is 4.53. The van der Waals surface area contributed by atoms with E-state index in [1.165, 1.54) is 0 Å². The molecular weight excluding hydrogens is 264 g/mol. The van der Waals surface area contributed by atoms with Gasteiger partial charge in [0.1, 0.15) is 17.1 Å². The molecule has 0 saturated carbocycles. The van der Waals surface area contributed by atoms with Crippen LogP contribution in [0.25, 0.3) is 22.2 Å². The summed E-state index contributed by atoms with van der Waals surface area (Å²) >= 11 is 0. The maximum Gasteiger partial charge on any atom is 0.156 e. The zero-order valence-electron chi connectivity index (χ0n) is 12.0. The lowest BCUT2D eigenvalue weighted by atomic mass is 10.1. The van der Waals surface area contributed by atoms with Crippen molar-refractivity contribution >= 4 is 16.6 Å². The van der Waals surface area contributed by atoms with E-state index in [4.69, 9.17) is 4.74 Å². The van der Waals surface area contributed by atoms with E-state index in [0.29, 0.717) is 11.4 Å². The Kier molecular flexibility index (Phi) is 3.64. The summed E-state index contributed by atoms with van der Waals surface area (Å²) in [4.78, 5) is 4.40. The van der Waals surface area contributed by atoms with E-state index in [1.807, 2.05) is 43.3 Å². The summed E-state index contributed by atoms with van der Waals surface area (Å²) in [7, 11) is 1.63. The van der Waals surface area contributed by atoms with Gasteiger partial charge >= 0.3 is 0 Å². The van der Waals surface area contributed by atoms with Crippen molar-refractivity contribution in [1.82, 2.24) is 15.2 Å². The first-order chi connectivity index (χ1) is 10.3. The molecule has 0 fully saturated rings. The molecule has 1 N–H and O–H groups in total. The molecule has 3 rings (SSSR count). The predicted molar refractivity (Wildman–Crippen MR) is 83.5 cm³/mol. The SMILES string of the molecule is CCNc1nnc(-c2ncccc2OC)c2ccccc12. The number of methoxy groups -OCH3 is 1. The molecular formula is C16H16N4O. The van der Waals surface area contributed by atoms with Gasteiger partial charge in [0.15, 0.2) is 5.82 Å². The van der Waals surface area contributed by atoms with E-state index in [1.54, 1.807) is 13.3 Å². The largest absolute Gasteiger partial charge is 0.494 e. The average molecular weight is 280 g/mol. The van der Waals surface area contributed by atoms with E-state index in [-0.39, 0.29) is 0 Å². The Morgan fingerprint density at radius 3 is 2.57 bits per heavy atom. The molecule has 0 spiro atoms. The summed E-state index contributed by atoms with van der Waals surface area (Å²) in [5.41, 5.74) is 1.43. The van der Waals surface area contributed by atoms with Gasteiger partial charge in [-0.05, 0) is 19.1 Å².